The fraction of sp³-hybridized carbons (Fsp3) is 0.385. The Balaban J connectivity index is 2.62. The minimum absolute atomic E-state index is 0.0162. The summed E-state index contributed by atoms with van der Waals surface area (Å²) in [6.45, 7) is 3.67. The van der Waals surface area contributed by atoms with Crippen LogP contribution in [0.5, 0.6) is 0 Å². The molecule has 0 saturated carbocycles. The molecular weight excluding hydrogens is 266 g/mol. The number of carboxylic acid groups (broad SMARTS) is 1. The van der Waals surface area contributed by atoms with Crippen LogP contribution in [0, 0.1) is 0 Å². The molecule has 0 bridgehead atoms. The van der Waals surface area contributed by atoms with Crippen molar-refractivity contribution in [1.29, 1.82) is 0 Å². The molecule has 1 amide bonds. The van der Waals surface area contributed by atoms with Gasteiger partial charge in [0, 0.05) is 10.9 Å². The molecule has 1 atom stereocenters. The average Bonchev–Trinajstić information content (AvgIpc) is 2.27. The zero-order chi connectivity index (χ0) is 14.4. The Labute approximate surface area is 114 Å². The topological polar surface area (TPSA) is 83.5 Å². The van der Waals surface area contributed by atoms with E-state index in [1.165, 1.54) is 0 Å². The van der Waals surface area contributed by atoms with Crippen LogP contribution < -0.4 is 5.32 Å². The Morgan fingerprint density at radius 1 is 1.26 bits per heavy atom. The molecule has 0 aromatic heterocycles. The van der Waals surface area contributed by atoms with E-state index in [0.717, 1.165) is 0 Å². The molecule has 1 rings (SSSR count). The summed E-state index contributed by atoms with van der Waals surface area (Å²) in [6.07, 6.45) is -0.0687. The van der Waals surface area contributed by atoms with Crippen molar-refractivity contribution in [1.82, 2.24) is 5.32 Å². The summed E-state index contributed by atoms with van der Waals surface area (Å²) in [6, 6.07) is 6.43. The number of aliphatic carboxylic acids is 1. The third-order valence-corrected chi connectivity index (χ3v) is 3.58. The quantitative estimate of drug-likeness (QED) is 0.814. The van der Waals surface area contributed by atoms with Crippen molar-refractivity contribution in [3.8, 4) is 0 Å². The van der Waals surface area contributed by atoms with E-state index in [4.69, 9.17) is 5.11 Å². The second-order valence-electron chi connectivity index (χ2n) is 4.43. The number of nitrogens with one attached hydrogen (secondary N) is 1. The first-order valence-corrected chi connectivity index (χ1v) is 7.19. The van der Waals surface area contributed by atoms with Gasteiger partial charge in [0.2, 0.25) is 5.91 Å². The highest BCUT2D eigenvalue weighted by molar-refractivity contribution is 7.85. The van der Waals surface area contributed by atoms with Gasteiger partial charge in [0.25, 0.3) is 0 Å². The summed E-state index contributed by atoms with van der Waals surface area (Å²) < 4.78 is 11.9. The van der Waals surface area contributed by atoms with Crippen LogP contribution in [0.15, 0.2) is 29.2 Å². The summed E-state index contributed by atoms with van der Waals surface area (Å²) >= 11 is 0. The molecule has 5 nitrogen and oxygen atoms in total. The Morgan fingerprint density at radius 2 is 1.84 bits per heavy atom. The van der Waals surface area contributed by atoms with Gasteiger partial charge in [-0.2, -0.15) is 0 Å². The van der Waals surface area contributed by atoms with Crippen molar-refractivity contribution in [3.63, 3.8) is 0 Å². The Morgan fingerprint density at radius 3 is 2.32 bits per heavy atom. The molecule has 0 fully saturated rings. The molecule has 0 aliphatic carbocycles. The van der Waals surface area contributed by atoms with E-state index in [2.05, 4.69) is 5.32 Å². The lowest BCUT2D eigenvalue weighted by Gasteiger charge is -2.08. The molecule has 1 unspecified atom stereocenters. The van der Waals surface area contributed by atoms with Crippen molar-refractivity contribution < 1.29 is 18.9 Å². The van der Waals surface area contributed by atoms with Crippen LogP contribution in [0.3, 0.4) is 0 Å². The molecule has 2 N–H and O–H groups in total. The van der Waals surface area contributed by atoms with Crippen LogP contribution in [0.4, 0.5) is 0 Å². The molecular formula is C13H17NO4S. The first-order chi connectivity index (χ1) is 8.88. The summed E-state index contributed by atoms with van der Waals surface area (Å²) in [5.74, 6) is -1.26. The number of hydrogen-bond acceptors (Lipinski definition) is 3. The van der Waals surface area contributed by atoms with E-state index in [0.29, 0.717) is 10.5 Å². The first-order valence-electron chi connectivity index (χ1n) is 5.87. The van der Waals surface area contributed by atoms with Gasteiger partial charge in [-0.25, -0.2) is 0 Å². The Bertz CT molecular complexity index is 482. The zero-order valence-corrected chi connectivity index (χ0v) is 11.7. The number of amides is 1. The maximum atomic E-state index is 11.9. The highest BCUT2D eigenvalue weighted by atomic mass is 32.2. The molecule has 104 valence electrons. The normalized spacial score (nSPS) is 12.2. The van der Waals surface area contributed by atoms with Crippen molar-refractivity contribution in [3.05, 3.63) is 29.8 Å². The molecule has 0 aliphatic rings. The number of hydrogen-bond donors (Lipinski definition) is 2. The Kier molecular flexibility index (Phi) is 5.69. The maximum Gasteiger partial charge on any atom is 0.307 e. The third-order valence-electron chi connectivity index (χ3n) is 2.25. The monoisotopic (exact) mass is 283 g/mol. The first kappa shape index (κ1) is 15.4. The molecule has 19 heavy (non-hydrogen) atoms. The minimum Gasteiger partial charge on any atom is -0.481 e. The number of carboxylic acids is 1. The average molecular weight is 283 g/mol. The van der Waals surface area contributed by atoms with Gasteiger partial charge in [-0.05, 0) is 31.5 Å². The van der Waals surface area contributed by atoms with Gasteiger partial charge >= 0.3 is 5.97 Å². The fourth-order valence-corrected chi connectivity index (χ4v) is 2.43. The van der Waals surface area contributed by atoms with E-state index < -0.39 is 16.8 Å². The van der Waals surface area contributed by atoms with Crippen LogP contribution >= 0.6 is 0 Å². The summed E-state index contributed by atoms with van der Waals surface area (Å²) in [5.41, 5.74) is 0.639. The van der Waals surface area contributed by atoms with E-state index >= 15 is 0 Å². The SMILES string of the molecule is CC(C)NC(=O)CS(=O)c1ccc(CC(=O)O)cc1. The summed E-state index contributed by atoms with van der Waals surface area (Å²) in [7, 11) is -1.41. The van der Waals surface area contributed by atoms with Crippen LogP contribution in [0.25, 0.3) is 0 Å². The van der Waals surface area contributed by atoms with Crippen molar-refractivity contribution in [2.75, 3.05) is 5.75 Å². The van der Waals surface area contributed by atoms with Crippen LogP contribution in [0.1, 0.15) is 19.4 Å². The minimum atomic E-state index is -1.41. The van der Waals surface area contributed by atoms with Crippen LogP contribution in [-0.2, 0) is 26.8 Å². The standard InChI is InChI=1S/C13H17NO4S/c1-9(2)14-12(15)8-19(18)11-5-3-10(4-6-11)7-13(16)17/h3-6,9H,7-8H2,1-2H3,(H,14,15)(H,16,17). The molecule has 0 spiro atoms. The van der Waals surface area contributed by atoms with Gasteiger partial charge in [-0.1, -0.05) is 12.1 Å². The number of carbonyl (C=O) groups is 2. The fourth-order valence-electron chi connectivity index (χ4n) is 1.50. The van der Waals surface area contributed by atoms with Gasteiger partial charge in [-0.3, -0.25) is 13.8 Å². The van der Waals surface area contributed by atoms with Crippen LogP contribution in [0.2, 0.25) is 0 Å². The van der Waals surface area contributed by atoms with Crippen molar-refractivity contribution in [2.24, 2.45) is 0 Å². The lowest BCUT2D eigenvalue weighted by Crippen LogP contribution is -2.33. The second kappa shape index (κ2) is 7.04. The smallest absolute Gasteiger partial charge is 0.307 e. The Hall–Kier alpha value is -1.69. The molecule has 1 aromatic rings. The molecule has 0 heterocycles. The number of rotatable bonds is 6. The van der Waals surface area contributed by atoms with E-state index in [9.17, 15) is 13.8 Å². The van der Waals surface area contributed by atoms with E-state index in [1.807, 2.05) is 13.8 Å². The highest BCUT2D eigenvalue weighted by Gasteiger charge is 2.11. The molecule has 0 saturated heterocycles. The lowest BCUT2D eigenvalue weighted by molar-refractivity contribution is -0.136. The van der Waals surface area contributed by atoms with Gasteiger partial charge in [0.05, 0.1) is 17.2 Å². The zero-order valence-electron chi connectivity index (χ0n) is 10.9. The lowest BCUT2D eigenvalue weighted by atomic mass is 10.2. The number of benzene rings is 1. The predicted octanol–water partition coefficient (Wildman–Crippen LogP) is 0.946. The highest BCUT2D eigenvalue weighted by Crippen LogP contribution is 2.09. The predicted molar refractivity (Wildman–Crippen MR) is 72.3 cm³/mol. The van der Waals surface area contributed by atoms with Gasteiger partial charge < -0.3 is 10.4 Å². The van der Waals surface area contributed by atoms with Crippen molar-refractivity contribution in [2.45, 2.75) is 31.2 Å². The molecule has 6 heteroatoms. The van der Waals surface area contributed by atoms with Gasteiger partial charge in [0.15, 0.2) is 0 Å². The van der Waals surface area contributed by atoms with Gasteiger partial charge in [-0.15, -0.1) is 0 Å². The number of carbonyl (C=O) groups excluding carboxylic acids is 1. The summed E-state index contributed by atoms with van der Waals surface area (Å²) in [4.78, 5) is 22.5. The molecule has 0 aliphatic heterocycles. The van der Waals surface area contributed by atoms with Crippen LogP contribution in [-0.4, -0.2) is 33.0 Å². The molecule has 1 aromatic carbocycles. The second-order valence-corrected chi connectivity index (χ2v) is 5.88. The van der Waals surface area contributed by atoms with Crippen molar-refractivity contribution >= 4 is 22.7 Å². The molecule has 0 radical (unpaired) electrons. The van der Waals surface area contributed by atoms with E-state index in [1.54, 1.807) is 24.3 Å². The third kappa shape index (κ3) is 5.65. The maximum absolute atomic E-state index is 11.9. The largest absolute Gasteiger partial charge is 0.481 e. The van der Waals surface area contributed by atoms with Gasteiger partial charge in [0.1, 0.15) is 5.75 Å². The summed E-state index contributed by atoms with van der Waals surface area (Å²) in [5, 5.41) is 11.3. The van der Waals surface area contributed by atoms with E-state index in [-0.39, 0.29) is 24.1 Å².